The van der Waals surface area contributed by atoms with E-state index in [0.29, 0.717) is 12.2 Å². The second-order valence-electron chi connectivity index (χ2n) is 4.51. The van der Waals surface area contributed by atoms with E-state index in [-0.39, 0.29) is 17.7 Å². The fraction of sp³-hybridized carbons (Fsp3) is 0.250. The van der Waals surface area contributed by atoms with E-state index < -0.39 is 0 Å². The molecule has 2 rings (SSSR count). The van der Waals surface area contributed by atoms with E-state index in [1.165, 1.54) is 24.3 Å². The first-order valence-corrected chi connectivity index (χ1v) is 6.51. The molecule has 0 radical (unpaired) electrons. The van der Waals surface area contributed by atoms with Crippen molar-refractivity contribution >= 4 is 0 Å². The molecule has 1 atom stereocenters. The monoisotopic (exact) mass is 277 g/mol. The van der Waals surface area contributed by atoms with Gasteiger partial charge in [0.25, 0.3) is 0 Å². The molecule has 106 valence electrons. The van der Waals surface area contributed by atoms with E-state index in [0.717, 1.165) is 12.1 Å². The Bertz CT molecular complexity index is 560. The summed E-state index contributed by atoms with van der Waals surface area (Å²) in [7, 11) is 1.84. The largest absolute Gasteiger partial charge is 0.486 e. The first kappa shape index (κ1) is 14.5. The third kappa shape index (κ3) is 4.03. The maximum absolute atomic E-state index is 13.3. The molecule has 0 aromatic heterocycles. The normalized spacial score (nSPS) is 12.2. The summed E-state index contributed by atoms with van der Waals surface area (Å²) in [5.74, 6) is -0.218. The smallest absolute Gasteiger partial charge is 0.126 e. The van der Waals surface area contributed by atoms with E-state index in [1.54, 1.807) is 18.2 Å². The summed E-state index contributed by atoms with van der Waals surface area (Å²) in [6.45, 7) is 0.719. The molecule has 0 spiro atoms. The van der Waals surface area contributed by atoms with Crippen LogP contribution in [0.5, 0.6) is 5.75 Å². The Morgan fingerprint density at radius 1 is 1.05 bits per heavy atom. The van der Waals surface area contributed by atoms with Gasteiger partial charge in [-0.15, -0.1) is 0 Å². The first-order valence-electron chi connectivity index (χ1n) is 6.51. The van der Waals surface area contributed by atoms with E-state index in [2.05, 4.69) is 5.32 Å². The number of hydrogen-bond donors (Lipinski definition) is 1. The highest BCUT2D eigenvalue weighted by Gasteiger charge is 2.14. The standard InChI is InChI=1S/C16H17F2NO/c1-19-9-8-16(12-4-2-5-13(17)10-12)20-15-7-3-6-14(18)11-15/h2-7,10-11,16,19H,8-9H2,1H3/t16-/m0/s1. The van der Waals surface area contributed by atoms with Gasteiger partial charge >= 0.3 is 0 Å². The lowest BCUT2D eigenvalue weighted by atomic mass is 10.1. The Hall–Kier alpha value is -1.94. The van der Waals surface area contributed by atoms with Gasteiger partial charge in [0.1, 0.15) is 23.5 Å². The molecule has 2 nitrogen and oxygen atoms in total. The highest BCUT2D eigenvalue weighted by molar-refractivity contribution is 5.25. The summed E-state index contributed by atoms with van der Waals surface area (Å²) >= 11 is 0. The number of rotatable bonds is 6. The van der Waals surface area contributed by atoms with E-state index >= 15 is 0 Å². The zero-order valence-corrected chi connectivity index (χ0v) is 11.3. The Morgan fingerprint density at radius 3 is 2.40 bits per heavy atom. The highest BCUT2D eigenvalue weighted by atomic mass is 19.1. The van der Waals surface area contributed by atoms with Crippen molar-refractivity contribution in [1.29, 1.82) is 0 Å². The van der Waals surface area contributed by atoms with Crippen LogP contribution in [0.15, 0.2) is 48.5 Å². The van der Waals surface area contributed by atoms with Crippen LogP contribution < -0.4 is 10.1 Å². The minimum Gasteiger partial charge on any atom is -0.486 e. The number of ether oxygens (including phenoxy) is 1. The van der Waals surface area contributed by atoms with Gasteiger partial charge < -0.3 is 10.1 Å². The quantitative estimate of drug-likeness (QED) is 0.869. The average molecular weight is 277 g/mol. The average Bonchev–Trinajstić information content (AvgIpc) is 2.43. The van der Waals surface area contributed by atoms with Crippen molar-refractivity contribution in [2.45, 2.75) is 12.5 Å². The van der Waals surface area contributed by atoms with Gasteiger partial charge in [0.05, 0.1) is 0 Å². The lowest BCUT2D eigenvalue weighted by molar-refractivity contribution is 0.194. The SMILES string of the molecule is CNCC[C@H](Oc1cccc(F)c1)c1cccc(F)c1. The third-order valence-corrected chi connectivity index (χ3v) is 2.95. The molecule has 2 aromatic rings. The lowest BCUT2D eigenvalue weighted by Gasteiger charge is -2.19. The number of benzene rings is 2. The molecule has 0 heterocycles. The van der Waals surface area contributed by atoms with Crippen LogP contribution in [0, 0.1) is 11.6 Å². The Kier molecular flexibility index (Phi) is 5.07. The van der Waals surface area contributed by atoms with Gasteiger partial charge in [-0.1, -0.05) is 18.2 Å². The van der Waals surface area contributed by atoms with Crippen molar-refractivity contribution < 1.29 is 13.5 Å². The first-order chi connectivity index (χ1) is 9.69. The van der Waals surface area contributed by atoms with Crippen molar-refractivity contribution in [1.82, 2.24) is 5.32 Å². The van der Waals surface area contributed by atoms with Gasteiger partial charge in [-0.05, 0) is 43.4 Å². The van der Waals surface area contributed by atoms with Crippen LogP contribution in [-0.4, -0.2) is 13.6 Å². The molecule has 1 N–H and O–H groups in total. The summed E-state index contributed by atoms with van der Waals surface area (Å²) < 4.78 is 32.3. The topological polar surface area (TPSA) is 21.3 Å². The Morgan fingerprint density at radius 2 is 1.75 bits per heavy atom. The molecule has 0 saturated heterocycles. The predicted octanol–water partition coefficient (Wildman–Crippen LogP) is 3.69. The molecule has 0 aliphatic heterocycles. The second-order valence-corrected chi connectivity index (χ2v) is 4.51. The molecule has 0 bridgehead atoms. The summed E-state index contributed by atoms with van der Waals surface area (Å²) in [5, 5.41) is 3.03. The minimum atomic E-state index is -0.353. The maximum Gasteiger partial charge on any atom is 0.126 e. The Balaban J connectivity index is 2.19. The number of halogens is 2. The highest BCUT2D eigenvalue weighted by Crippen LogP contribution is 2.25. The summed E-state index contributed by atoms with van der Waals surface area (Å²) in [6, 6.07) is 12.2. The van der Waals surface area contributed by atoms with Crippen LogP contribution >= 0.6 is 0 Å². The molecule has 0 saturated carbocycles. The van der Waals surface area contributed by atoms with Gasteiger partial charge in [-0.3, -0.25) is 0 Å². The molecule has 0 amide bonds. The third-order valence-electron chi connectivity index (χ3n) is 2.95. The lowest BCUT2D eigenvalue weighted by Crippen LogP contribution is -2.16. The fourth-order valence-electron chi connectivity index (χ4n) is 1.98. The zero-order valence-electron chi connectivity index (χ0n) is 11.3. The molecule has 20 heavy (non-hydrogen) atoms. The molecule has 0 unspecified atom stereocenters. The van der Waals surface area contributed by atoms with Gasteiger partial charge in [0.2, 0.25) is 0 Å². The van der Waals surface area contributed by atoms with Gasteiger partial charge in [0, 0.05) is 12.5 Å². The van der Waals surface area contributed by atoms with Crippen LogP contribution in [0.2, 0.25) is 0 Å². The fourth-order valence-corrected chi connectivity index (χ4v) is 1.98. The molecular weight excluding hydrogens is 260 g/mol. The van der Waals surface area contributed by atoms with Crippen LogP contribution in [0.25, 0.3) is 0 Å². The van der Waals surface area contributed by atoms with Crippen molar-refractivity contribution in [3.8, 4) is 5.75 Å². The molecule has 2 aromatic carbocycles. The molecular formula is C16H17F2NO. The number of hydrogen-bond acceptors (Lipinski definition) is 2. The van der Waals surface area contributed by atoms with Gasteiger partial charge in [-0.2, -0.15) is 0 Å². The van der Waals surface area contributed by atoms with Crippen molar-refractivity contribution in [2.24, 2.45) is 0 Å². The molecule has 0 aliphatic carbocycles. The van der Waals surface area contributed by atoms with E-state index in [4.69, 9.17) is 4.74 Å². The van der Waals surface area contributed by atoms with Crippen LogP contribution in [0.1, 0.15) is 18.1 Å². The van der Waals surface area contributed by atoms with Gasteiger partial charge in [-0.25, -0.2) is 8.78 Å². The maximum atomic E-state index is 13.3. The van der Waals surface area contributed by atoms with Crippen molar-refractivity contribution in [3.05, 3.63) is 65.7 Å². The van der Waals surface area contributed by atoms with Crippen molar-refractivity contribution in [3.63, 3.8) is 0 Å². The van der Waals surface area contributed by atoms with Crippen molar-refractivity contribution in [2.75, 3.05) is 13.6 Å². The zero-order chi connectivity index (χ0) is 14.4. The molecule has 0 aliphatic rings. The second kappa shape index (κ2) is 7.01. The summed E-state index contributed by atoms with van der Waals surface area (Å²) in [4.78, 5) is 0. The molecule has 4 heteroatoms. The Labute approximate surface area is 117 Å². The van der Waals surface area contributed by atoms with Gasteiger partial charge in [0.15, 0.2) is 0 Å². The summed E-state index contributed by atoms with van der Waals surface area (Å²) in [6.07, 6.45) is 0.344. The van der Waals surface area contributed by atoms with E-state index in [9.17, 15) is 8.78 Å². The van der Waals surface area contributed by atoms with Crippen LogP contribution in [0.4, 0.5) is 8.78 Å². The predicted molar refractivity (Wildman–Crippen MR) is 74.7 cm³/mol. The minimum absolute atomic E-state index is 0.306. The summed E-state index contributed by atoms with van der Waals surface area (Å²) in [5.41, 5.74) is 0.740. The van der Waals surface area contributed by atoms with E-state index in [1.807, 2.05) is 13.1 Å². The van der Waals surface area contributed by atoms with Crippen LogP contribution in [-0.2, 0) is 0 Å². The molecule has 0 fully saturated rings. The number of nitrogens with one attached hydrogen (secondary N) is 1. The van der Waals surface area contributed by atoms with Crippen LogP contribution in [0.3, 0.4) is 0 Å².